The molecule has 0 unspecified atom stereocenters. The highest BCUT2D eigenvalue weighted by Gasteiger charge is 2.36. The van der Waals surface area contributed by atoms with Crippen molar-refractivity contribution in [3.05, 3.63) is 94.7 Å². The van der Waals surface area contributed by atoms with Gasteiger partial charge in [-0.1, -0.05) is 67.3 Å². The van der Waals surface area contributed by atoms with Crippen LogP contribution < -0.4 is 20.1 Å². The van der Waals surface area contributed by atoms with Crippen molar-refractivity contribution in [1.82, 2.24) is 0 Å². The van der Waals surface area contributed by atoms with Gasteiger partial charge < -0.3 is 20.1 Å². The van der Waals surface area contributed by atoms with E-state index in [9.17, 15) is 9.59 Å². The highest BCUT2D eigenvalue weighted by atomic mass is 16.6. The number of aryl methyl sites for hydroxylation is 1. The smallest absolute Gasteiger partial charge is 0.314 e. The Bertz CT molecular complexity index is 1470. The number of carbonyl (C=O) groups is 2. The van der Waals surface area contributed by atoms with E-state index in [0.29, 0.717) is 24.5 Å². The minimum atomic E-state index is -0.380. The lowest BCUT2D eigenvalue weighted by molar-refractivity contribution is -0.140. The number of benzene rings is 3. The molecule has 0 aromatic heterocycles. The Balaban J connectivity index is 1.36. The number of anilines is 2. The Labute approximate surface area is 242 Å². The summed E-state index contributed by atoms with van der Waals surface area (Å²) < 4.78 is 11.9. The molecule has 0 amide bonds. The molecular weight excluding hydrogens is 512 g/mol. The van der Waals surface area contributed by atoms with Crippen molar-refractivity contribution < 1.29 is 19.1 Å². The fourth-order valence-electron chi connectivity index (χ4n) is 6.40. The second-order valence-corrected chi connectivity index (χ2v) is 11.5. The van der Waals surface area contributed by atoms with Crippen LogP contribution >= 0.6 is 0 Å². The first kappa shape index (κ1) is 27.1. The summed E-state index contributed by atoms with van der Waals surface area (Å²) in [5, 5.41) is 7.26. The molecule has 3 aromatic rings. The minimum Gasteiger partial charge on any atom is -0.490 e. The standard InChI is InChI=1S/C35H38N2O4/c1-3-40-32-21-25(17-18-31(32)41-35(39)24-9-5-4-6-10-24)34-33-29(36-27-11-7-8-12-28(27)37-34)19-26(20-30(33)38)23-15-13-22(2)14-16-23/h7-8,11-18,21,24,26,34,36-37H,3-6,9-10,19-20H2,1-2H3/t26-,34-/m1/s1. The number of ketones is 1. The van der Waals surface area contributed by atoms with Crippen LogP contribution in [0.4, 0.5) is 11.4 Å². The maximum atomic E-state index is 13.9. The summed E-state index contributed by atoms with van der Waals surface area (Å²) in [6.45, 7) is 4.43. The van der Waals surface area contributed by atoms with Gasteiger partial charge in [0, 0.05) is 17.7 Å². The van der Waals surface area contributed by atoms with E-state index in [2.05, 4.69) is 41.8 Å². The van der Waals surface area contributed by atoms with E-state index >= 15 is 0 Å². The molecule has 0 bridgehead atoms. The van der Waals surface area contributed by atoms with E-state index in [-0.39, 0.29) is 29.6 Å². The van der Waals surface area contributed by atoms with E-state index in [1.807, 2.05) is 49.4 Å². The van der Waals surface area contributed by atoms with Gasteiger partial charge in [-0.3, -0.25) is 9.59 Å². The summed E-state index contributed by atoms with van der Waals surface area (Å²) in [6, 6.07) is 21.9. The third-order valence-electron chi connectivity index (χ3n) is 8.61. The van der Waals surface area contributed by atoms with E-state index in [4.69, 9.17) is 9.47 Å². The van der Waals surface area contributed by atoms with Gasteiger partial charge in [0.1, 0.15) is 0 Å². The van der Waals surface area contributed by atoms with E-state index < -0.39 is 0 Å². The molecule has 6 nitrogen and oxygen atoms in total. The lowest BCUT2D eigenvalue weighted by Crippen LogP contribution is -2.27. The third-order valence-corrected chi connectivity index (χ3v) is 8.61. The van der Waals surface area contributed by atoms with Gasteiger partial charge in [0.2, 0.25) is 0 Å². The van der Waals surface area contributed by atoms with Crippen molar-refractivity contribution in [3.63, 3.8) is 0 Å². The number of nitrogens with one attached hydrogen (secondary N) is 2. The summed E-state index contributed by atoms with van der Waals surface area (Å²) in [5.41, 5.74) is 6.85. The number of para-hydroxylation sites is 2. The van der Waals surface area contributed by atoms with Crippen molar-refractivity contribution in [2.45, 2.75) is 70.8 Å². The molecule has 6 heteroatoms. The monoisotopic (exact) mass is 550 g/mol. The number of fused-ring (bicyclic) bond motifs is 1. The summed E-state index contributed by atoms with van der Waals surface area (Å²) in [4.78, 5) is 26.9. The topological polar surface area (TPSA) is 76.7 Å². The molecule has 3 aliphatic rings. The van der Waals surface area contributed by atoms with Crippen LogP contribution in [0.3, 0.4) is 0 Å². The molecule has 1 heterocycles. The second-order valence-electron chi connectivity index (χ2n) is 11.5. The average molecular weight is 551 g/mol. The third kappa shape index (κ3) is 5.74. The zero-order chi connectivity index (χ0) is 28.3. The van der Waals surface area contributed by atoms with Gasteiger partial charge in [0.15, 0.2) is 17.3 Å². The molecule has 2 N–H and O–H groups in total. The quantitative estimate of drug-likeness (QED) is 0.240. The van der Waals surface area contributed by atoms with Crippen LogP contribution in [-0.2, 0) is 9.59 Å². The molecule has 1 saturated carbocycles. The van der Waals surface area contributed by atoms with Gasteiger partial charge in [-0.15, -0.1) is 0 Å². The zero-order valence-electron chi connectivity index (χ0n) is 23.9. The van der Waals surface area contributed by atoms with Crippen LogP contribution in [0.2, 0.25) is 0 Å². The van der Waals surface area contributed by atoms with Crippen molar-refractivity contribution in [1.29, 1.82) is 0 Å². The van der Waals surface area contributed by atoms with Gasteiger partial charge in [-0.25, -0.2) is 0 Å². The number of rotatable bonds is 6. The SMILES string of the molecule is CCOc1cc([C@H]2Nc3ccccc3NC3=C2C(=O)C[C@H](c2ccc(C)cc2)C3)ccc1OC(=O)C1CCCCC1. The van der Waals surface area contributed by atoms with Gasteiger partial charge in [0.05, 0.1) is 29.9 Å². The molecule has 2 atom stereocenters. The molecule has 41 heavy (non-hydrogen) atoms. The Morgan fingerprint density at radius 3 is 2.37 bits per heavy atom. The molecular formula is C35H38N2O4. The van der Waals surface area contributed by atoms with E-state index in [0.717, 1.165) is 60.3 Å². The lowest BCUT2D eigenvalue weighted by atomic mass is 9.78. The largest absolute Gasteiger partial charge is 0.490 e. The fraction of sp³-hybridized carbons (Fsp3) is 0.371. The summed E-state index contributed by atoms with van der Waals surface area (Å²) in [7, 11) is 0. The first-order valence-electron chi connectivity index (χ1n) is 14.9. The minimum absolute atomic E-state index is 0.0574. The number of Topliss-reactive ketones (excluding diaryl/α,β-unsaturated/α-hetero) is 1. The van der Waals surface area contributed by atoms with Crippen molar-refractivity contribution in [3.8, 4) is 11.5 Å². The number of allylic oxidation sites excluding steroid dienone is 1. The Morgan fingerprint density at radius 2 is 1.61 bits per heavy atom. The van der Waals surface area contributed by atoms with E-state index in [1.165, 1.54) is 17.5 Å². The summed E-state index contributed by atoms with van der Waals surface area (Å²) in [6.07, 6.45) is 6.26. The van der Waals surface area contributed by atoms with Crippen molar-refractivity contribution in [2.75, 3.05) is 17.2 Å². The van der Waals surface area contributed by atoms with Crippen LogP contribution in [0.15, 0.2) is 78.0 Å². The average Bonchev–Trinajstić information content (AvgIpc) is 3.16. The molecule has 2 aliphatic carbocycles. The number of ether oxygens (including phenoxy) is 2. The van der Waals surface area contributed by atoms with Crippen molar-refractivity contribution >= 4 is 23.1 Å². The Kier molecular flexibility index (Phi) is 7.82. The van der Waals surface area contributed by atoms with Crippen LogP contribution in [0.5, 0.6) is 11.5 Å². The highest BCUT2D eigenvalue weighted by molar-refractivity contribution is 6.01. The number of hydrogen-bond donors (Lipinski definition) is 2. The summed E-state index contributed by atoms with van der Waals surface area (Å²) in [5.74, 6) is 0.948. The number of carbonyl (C=O) groups excluding carboxylic acids is 2. The maximum absolute atomic E-state index is 13.9. The molecule has 1 aliphatic heterocycles. The summed E-state index contributed by atoms with van der Waals surface area (Å²) >= 11 is 0. The lowest BCUT2D eigenvalue weighted by Gasteiger charge is -2.30. The predicted octanol–water partition coefficient (Wildman–Crippen LogP) is 7.86. The zero-order valence-corrected chi connectivity index (χ0v) is 23.9. The molecule has 212 valence electrons. The number of hydrogen-bond acceptors (Lipinski definition) is 6. The second kappa shape index (κ2) is 11.8. The first-order chi connectivity index (χ1) is 20.0. The maximum Gasteiger partial charge on any atom is 0.314 e. The molecule has 1 fully saturated rings. The highest BCUT2D eigenvalue weighted by Crippen LogP contribution is 2.45. The van der Waals surface area contributed by atoms with Gasteiger partial charge >= 0.3 is 5.97 Å². The van der Waals surface area contributed by atoms with Gasteiger partial charge in [0.25, 0.3) is 0 Å². The normalized spacial score (nSPS) is 20.7. The Hall–Kier alpha value is -4.06. The van der Waals surface area contributed by atoms with Gasteiger partial charge in [-0.05, 0) is 74.4 Å². The molecule has 3 aromatic carbocycles. The van der Waals surface area contributed by atoms with E-state index in [1.54, 1.807) is 0 Å². The first-order valence-corrected chi connectivity index (χ1v) is 14.9. The van der Waals surface area contributed by atoms with Gasteiger partial charge in [-0.2, -0.15) is 0 Å². The molecule has 0 radical (unpaired) electrons. The predicted molar refractivity (Wildman–Crippen MR) is 161 cm³/mol. The molecule has 6 rings (SSSR count). The van der Waals surface area contributed by atoms with Crippen LogP contribution in [0.25, 0.3) is 0 Å². The van der Waals surface area contributed by atoms with Crippen LogP contribution in [0.1, 0.15) is 80.5 Å². The van der Waals surface area contributed by atoms with Crippen LogP contribution in [-0.4, -0.2) is 18.4 Å². The molecule has 0 spiro atoms. The van der Waals surface area contributed by atoms with Crippen LogP contribution in [0, 0.1) is 12.8 Å². The van der Waals surface area contributed by atoms with Crippen molar-refractivity contribution in [2.24, 2.45) is 5.92 Å². The molecule has 0 saturated heterocycles. The fourth-order valence-corrected chi connectivity index (χ4v) is 6.40. The Morgan fingerprint density at radius 1 is 0.878 bits per heavy atom. The number of esters is 1.